The molecule has 1 heterocycles. The monoisotopic (exact) mass is 247 g/mol. The smallest absolute Gasteiger partial charge is 0.131 e. The molecule has 1 aromatic heterocycles. The molecule has 1 saturated carbocycles. The standard InChI is InChI=1S/C15H25N3/c1-4-12-5-7-13(8-6-12)15-17-9-14(10(2)16)11(3)18-15/h9-10,12-13H,4-8,16H2,1-3H3. The van der Waals surface area contributed by atoms with Crippen molar-refractivity contribution in [1.29, 1.82) is 0 Å². The first-order valence-electron chi connectivity index (χ1n) is 7.20. The Labute approximate surface area is 110 Å². The van der Waals surface area contributed by atoms with Crippen LogP contribution < -0.4 is 5.73 Å². The Morgan fingerprint density at radius 2 is 2.00 bits per heavy atom. The molecule has 0 saturated heterocycles. The average molecular weight is 247 g/mol. The summed E-state index contributed by atoms with van der Waals surface area (Å²) < 4.78 is 0. The highest BCUT2D eigenvalue weighted by molar-refractivity contribution is 5.20. The van der Waals surface area contributed by atoms with Crippen molar-refractivity contribution < 1.29 is 0 Å². The molecule has 0 aromatic carbocycles. The van der Waals surface area contributed by atoms with E-state index in [-0.39, 0.29) is 6.04 Å². The van der Waals surface area contributed by atoms with Crippen molar-refractivity contribution in [2.45, 2.75) is 64.8 Å². The molecule has 0 amide bonds. The zero-order valence-electron chi connectivity index (χ0n) is 11.8. The van der Waals surface area contributed by atoms with E-state index in [1.807, 2.05) is 20.0 Å². The molecule has 0 radical (unpaired) electrons. The van der Waals surface area contributed by atoms with Crippen LogP contribution in [0.1, 0.15) is 75.0 Å². The van der Waals surface area contributed by atoms with E-state index in [0.717, 1.165) is 23.0 Å². The first kappa shape index (κ1) is 13.5. The second kappa shape index (κ2) is 5.79. The Morgan fingerprint density at radius 3 is 2.50 bits per heavy atom. The van der Waals surface area contributed by atoms with Gasteiger partial charge in [0.1, 0.15) is 5.82 Å². The minimum absolute atomic E-state index is 0.0230. The molecule has 2 rings (SSSR count). The molecule has 1 aromatic rings. The van der Waals surface area contributed by atoms with Gasteiger partial charge in [0.2, 0.25) is 0 Å². The van der Waals surface area contributed by atoms with E-state index in [1.165, 1.54) is 32.1 Å². The van der Waals surface area contributed by atoms with Gasteiger partial charge in [-0.3, -0.25) is 0 Å². The number of aromatic nitrogens is 2. The van der Waals surface area contributed by atoms with Crippen LogP contribution in [0.4, 0.5) is 0 Å². The maximum absolute atomic E-state index is 5.90. The van der Waals surface area contributed by atoms with Gasteiger partial charge in [0.05, 0.1) is 0 Å². The molecule has 18 heavy (non-hydrogen) atoms. The molecule has 1 atom stereocenters. The molecule has 0 spiro atoms. The van der Waals surface area contributed by atoms with Gasteiger partial charge in [-0.15, -0.1) is 0 Å². The van der Waals surface area contributed by atoms with E-state index in [4.69, 9.17) is 5.73 Å². The summed E-state index contributed by atoms with van der Waals surface area (Å²) >= 11 is 0. The average Bonchev–Trinajstić information content (AvgIpc) is 2.38. The van der Waals surface area contributed by atoms with Crippen LogP contribution in [0, 0.1) is 12.8 Å². The highest BCUT2D eigenvalue weighted by Crippen LogP contribution is 2.35. The van der Waals surface area contributed by atoms with Crippen molar-refractivity contribution in [3.63, 3.8) is 0 Å². The van der Waals surface area contributed by atoms with Crippen molar-refractivity contribution >= 4 is 0 Å². The maximum Gasteiger partial charge on any atom is 0.131 e. The van der Waals surface area contributed by atoms with E-state index < -0.39 is 0 Å². The van der Waals surface area contributed by atoms with Crippen molar-refractivity contribution in [2.75, 3.05) is 0 Å². The molecule has 0 aliphatic heterocycles. The zero-order valence-corrected chi connectivity index (χ0v) is 11.8. The van der Waals surface area contributed by atoms with Gasteiger partial charge in [0, 0.05) is 29.4 Å². The SMILES string of the molecule is CCC1CCC(c2ncc(C(C)N)c(C)n2)CC1. The fourth-order valence-electron chi connectivity index (χ4n) is 2.97. The fraction of sp³-hybridized carbons (Fsp3) is 0.733. The number of rotatable bonds is 3. The van der Waals surface area contributed by atoms with Crippen LogP contribution in [0.15, 0.2) is 6.20 Å². The zero-order chi connectivity index (χ0) is 13.1. The van der Waals surface area contributed by atoms with Crippen LogP contribution >= 0.6 is 0 Å². The Morgan fingerprint density at radius 1 is 1.33 bits per heavy atom. The van der Waals surface area contributed by atoms with Crippen molar-refractivity contribution in [2.24, 2.45) is 11.7 Å². The number of nitrogens with two attached hydrogens (primary N) is 1. The summed E-state index contributed by atoms with van der Waals surface area (Å²) in [7, 11) is 0. The summed E-state index contributed by atoms with van der Waals surface area (Å²) in [5.41, 5.74) is 8.02. The first-order valence-corrected chi connectivity index (χ1v) is 7.20. The summed E-state index contributed by atoms with van der Waals surface area (Å²) in [4.78, 5) is 9.22. The molecule has 3 nitrogen and oxygen atoms in total. The predicted molar refractivity (Wildman–Crippen MR) is 74.4 cm³/mol. The third-order valence-electron chi connectivity index (χ3n) is 4.32. The number of hydrogen-bond acceptors (Lipinski definition) is 3. The first-order chi connectivity index (χ1) is 8.61. The molecule has 2 N–H and O–H groups in total. The van der Waals surface area contributed by atoms with Crippen molar-refractivity contribution in [3.05, 3.63) is 23.3 Å². The van der Waals surface area contributed by atoms with Gasteiger partial charge in [-0.05, 0) is 45.4 Å². The molecular formula is C15H25N3. The Hall–Kier alpha value is -0.960. The molecule has 1 aliphatic rings. The largest absolute Gasteiger partial charge is 0.324 e. The van der Waals surface area contributed by atoms with Gasteiger partial charge in [0.25, 0.3) is 0 Å². The fourth-order valence-corrected chi connectivity index (χ4v) is 2.97. The predicted octanol–water partition coefficient (Wildman–Crippen LogP) is 3.49. The number of nitrogens with zero attached hydrogens (tertiary/aromatic N) is 2. The number of hydrogen-bond donors (Lipinski definition) is 1. The van der Waals surface area contributed by atoms with Gasteiger partial charge < -0.3 is 5.73 Å². The molecule has 100 valence electrons. The minimum atomic E-state index is 0.0230. The van der Waals surface area contributed by atoms with E-state index in [9.17, 15) is 0 Å². The van der Waals surface area contributed by atoms with Gasteiger partial charge in [-0.2, -0.15) is 0 Å². The summed E-state index contributed by atoms with van der Waals surface area (Å²) in [5, 5.41) is 0. The van der Waals surface area contributed by atoms with E-state index in [0.29, 0.717) is 5.92 Å². The molecule has 0 bridgehead atoms. The summed E-state index contributed by atoms with van der Waals surface area (Å²) in [6, 6.07) is 0.0230. The lowest BCUT2D eigenvalue weighted by Gasteiger charge is -2.27. The number of aryl methyl sites for hydroxylation is 1. The third kappa shape index (κ3) is 2.89. The van der Waals surface area contributed by atoms with Crippen LogP contribution in [0.25, 0.3) is 0 Å². The highest BCUT2D eigenvalue weighted by Gasteiger charge is 2.23. The van der Waals surface area contributed by atoms with Crippen LogP contribution in [0.5, 0.6) is 0 Å². The molecule has 1 fully saturated rings. The van der Waals surface area contributed by atoms with E-state index in [1.54, 1.807) is 0 Å². The van der Waals surface area contributed by atoms with Gasteiger partial charge in [-0.1, -0.05) is 13.3 Å². The van der Waals surface area contributed by atoms with E-state index in [2.05, 4.69) is 16.9 Å². The van der Waals surface area contributed by atoms with Crippen molar-refractivity contribution in [3.8, 4) is 0 Å². The van der Waals surface area contributed by atoms with Crippen LogP contribution in [-0.2, 0) is 0 Å². The molecule has 3 heteroatoms. The normalized spacial score (nSPS) is 26.0. The lowest BCUT2D eigenvalue weighted by atomic mass is 9.80. The third-order valence-corrected chi connectivity index (χ3v) is 4.32. The van der Waals surface area contributed by atoms with Crippen LogP contribution in [0.2, 0.25) is 0 Å². The van der Waals surface area contributed by atoms with Crippen LogP contribution in [-0.4, -0.2) is 9.97 Å². The lowest BCUT2D eigenvalue weighted by Crippen LogP contribution is -2.16. The maximum atomic E-state index is 5.90. The van der Waals surface area contributed by atoms with Gasteiger partial charge in [0.15, 0.2) is 0 Å². The van der Waals surface area contributed by atoms with Crippen LogP contribution in [0.3, 0.4) is 0 Å². The van der Waals surface area contributed by atoms with Gasteiger partial charge >= 0.3 is 0 Å². The molecular weight excluding hydrogens is 222 g/mol. The Bertz CT molecular complexity index is 393. The second-order valence-electron chi connectivity index (χ2n) is 5.68. The summed E-state index contributed by atoms with van der Waals surface area (Å²) in [5.74, 6) is 2.52. The molecule has 1 aliphatic carbocycles. The van der Waals surface area contributed by atoms with E-state index >= 15 is 0 Å². The Balaban J connectivity index is 2.08. The quantitative estimate of drug-likeness (QED) is 0.889. The van der Waals surface area contributed by atoms with Gasteiger partial charge in [-0.25, -0.2) is 9.97 Å². The second-order valence-corrected chi connectivity index (χ2v) is 5.68. The van der Waals surface area contributed by atoms with Crippen molar-refractivity contribution in [1.82, 2.24) is 9.97 Å². The summed E-state index contributed by atoms with van der Waals surface area (Å²) in [6.45, 7) is 6.32. The molecule has 1 unspecified atom stereocenters. The summed E-state index contributed by atoms with van der Waals surface area (Å²) in [6.07, 6.45) is 8.40. The highest BCUT2D eigenvalue weighted by atomic mass is 14.9. The lowest BCUT2D eigenvalue weighted by molar-refractivity contribution is 0.312. The topological polar surface area (TPSA) is 51.8 Å². The minimum Gasteiger partial charge on any atom is -0.324 e. The Kier molecular flexibility index (Phi) is 4.33.